The summed E-state index contributed by atoms with van der Waals surface area (Å²) in [7, 11) is 4.03. The van der Waals surface area contributed by atoms with Crippen molar-refractivity contribution >= 4 is 27.6 Å². The molecule has 0 saturated heterocycles. The Labute approximate surface area is 190 Å². The van der Waals surface area contributed by atoms with Crippen LogP contribution in [0.1, 0.15) is 22.6 Å². The molecule has 5 rings (SSSR count). The molecule has 1 atom stereocenters. The minimum Gasteiger partial charge on any atom is -0.422 e. The number of anilines is 1. The lowest BCUT2D eigenvalue weighted by Crippen LogP contribution is -2.24. The van der Waals surface area contributed by atoms with E-state index in [0.29, 0.717) is 23.1 Å². The second kappa shape index (κ2) is 8.13. The van der Waals surface area contributed by atoms with Crippen molar-refractivity contribution < 1.29 is 4.42 Å². The van der Waals surface area contributed by atoms with E-state index >= 15 is 0 Å². The zero-order valence-electron chi connectivity index (χ0n) is 18.8. The quantitative estimate of drug-likeness (QED) is 0.433. The molecule has 0 aliphatic heterocycles. The van der Waals surface area contributed by atoms with Crippen LogP contribution in [-0.4, -0.2) is 23.6 Å². The molecule has 5 aromatic rings. The molecule has 2 aromatic carbocycles. The summed E-state index contributed by atoms with van der Waals surface area (Å²) in [4.78, 5) is 30.6. The summed E-state index contributed by atoms with van der Waals surface area (Å²) in [6.07, 6.45) is 3.74. The number of aromatic nitrogens is 2. The Morgan fingerprint density at radius 2 is 1.79 bits per heavy atom. The monoisotopic (exact) mass is 439 g/mol. The molecule has 0 aliphatic carbocycles. The molecule has 0 spiro atoms. The van der Waals surface area contributed by atoms with Gasteiger partial charge in [0.05, 0.1) is 5.39 Å². The highest BCUT2D eigenvalue weighted by Crippen LogP contribution is 2.33. The average Bonchev–Trinajstić information content (AvgIpc) is 3.22. The van der Waals surface area contributed by atoms with Crippen molar-refractivity contribution in [3.63, 3.8) is 0 Å². The minimum absolute atomic E-state index is 0.0523. The van der Waals surface area contributed by atoms with E-state index in [0.717, 1.165) is 27.7 Å². The highest BCUT2D eigenvalue weighted by atomic mass is 16.4. The molecule has 0 saturated carbocycles. The van der Waals surface area contributed by atoms with Gasteiger partial charge in [0.2, 0.25) is 0 Å². The van der Waals surface area contributed by atoms with Crippen molar-refractivity contribution in [2.45, 2.75) is 19.4 Å². The van der Waals surface area contributed by atoms with Crippen LogP contribution in [0.5, 0.6) is 0 Å². The first-order valence-corrected chi connectivity index (χ1v) is 10.9. The van der Waals surface area contributed by atoms with Crippen LogP contribution in [0, 0.1) is 6.92 Å². The fraction of sp³-hybridized carbons (Fsp3) is 0.185. The zero-order chi connectivity index (χ0) is 23.1. The van der Waals surface area contributed by atoms with Crippen LogP contribution >= 0.6 is 0 Å². The fourth-order valence-corrected chi connectivity index (χ4v) is 4.50. The van der Waals surface area contributed by atoms with Gasteiger partial charge in [0.15, 0.2) is 0 Å². The molecular weight excluding hydrogens is 414 g/mol. The largest absolute Gasteiger partial charge is 0.422 e. The number of aromatic amines is 1. The molecule has 166 valence electrons. The lowest BCUT2D eigenvalue weighted by molar-refractivity contribution is 0.553. The van der Waals surface area contributed by atoms with Gasteiger partial charge in [-0.05, 0) is 47.9 Å². The Balaban J connectivity index is 1.66. The maximum absolute atomic E-state index is 13.4. The van der Waals surface area contributed by atoms with Gasteiger partial charge in [0.1, 0.15) is 5.58 Å². The maximum Gasteiger partial charge on any atom is 0.336 e. The highest BCUT2D eigenvalue weighted by molar-refractivity contribution is 5.84. The number of rotatable bonds is 5. The third kappa shape index (κ3) is 3.74. The van der Waals surface area contributed by atoms with Gasteiger partial charge in [-0.2, -0.15) is 0 Å². The van der Waals surface area contributed by atoms with Crippen LogP contribution in [0.3, 0.4) is 0 Å². The summed E-state index contributed by atoms with van der Waals surface area (Å²) < 4.78 is 6.96. The van der Waals surface area contributed by atoms with Crippen molar-refractivity contribution in [2.75, 3.05) is 19.0 Å². The SMILES string of the molecule is Cc1cc(=O)oc2ccn(CC(c3ccc(N(C)C)cc3)c3c[nH]c4ccccc34)c(=O)c12. The first-order chi connectivity index (χ1) is 15.9. The number of aryl methyl sites for hydroxylation is 1. The third-order valence-electron chi connectivity index (χ3n) is 6.25. The first kappa shape index (κ1) is 20.8. The van der Waals surface area contributed by atoms with Gasteiger partial charge < -0.3 is 18.9 Å². The van der Waals surface area contributed by atoms with Gasteiger partial charge in [-0.25, -0.2) is 4.79 Å². The van der Waals surface area contributed by atoms with E-state index in [1.807, 2.05) is 32.4 Å². The van der Waals surface area contributed by atoms with E-state index in [2.05, 4.69) is 46.3 Å². The fourth-order valence-electron chi connectivity index (χ4n) is 4.50. The predicted molar refractivity (Wildman–Crippen MR) is 132 cm³/mol. The molecule has 0 fully saturated rings. The number of hydrogen-bond donors (Lipinski definition) is 1. The lowest BCUT2D eigenvalue weighted by atomic mass is 9.90. The van der Waals surface area contributed by atoms with Crippen molar-refractivity contribution in [3.8, 4) is 0 Å². The molecule has 1 unspecified atom stereocenters. The van der Waals surface area contributed by atoms with E-state index in [4.69, 9.17) is 4.42 Å². The number of pyridine rings is 1. The number of hydrogen-bond acceptors (Lipinski definition) is 4. The summed E-state index contributed by atoms with van der Waals surface area (Å²) >= 11 is 0. The second-order valence-electron chi connectivity index (χ2n) is 8.59. The number of benzene rings is 2. The molecule has 0 aliphatic rings. The van der Waals surface area contributed by atoms with Crippen LogP contribution in [0.4, 0.5) is 5.69 Å². The van der Waals surface area contributed by atoms with E-state index in [1.54, 1.807) is 23.8 Å². The summed E-state index contributed by atoms with van der Waals surface area (Å²) in [5.74, 6) is -0.0523. The highest BCUT2D eigenvalue weighted by Gasteiger charge is 2.20. The van der Waals surface area contributed by atoms with E-state index < -0.39 is 5.63 Å². The number of H-pyrrole nitrogens is 1. The van der Waals surface area contributed by atoms with Crippen LogP contribution in [-0.2, 0) is 6.54 Å². The molecule has 0 bridgehead atoms. The molecule has 6 nitrogen and oxygen atoms in total. The van der Waals surface area contributed by atoms with Gasteiger partial charge in [0.25, 0.3) is 5.56 Å². The normalized spacial score (nSPS) is 12.3. The third-order valence-corrected chi connectivity index (χ3v) is 6.25. The summed E-state index contributed by atoms with van der Waals surface area (Å²) in [5.41, 5.74) is 4.76. The van der Waals surface area contributed by atoms with Crippen LogP contribution in [0.2, 0.25) is 0 Å². The van der Waals surface area contributed by atoms with Crippen molar-refractivity contribution in [3.05, 3.63) is 111 Å². The average molecular weight is 440 g/mol. The molecule has 3 heterocycles. The molecule has 1 N–H and O–H groups in total. The summed E-state index contributed by atoms with van der Waals surface area (Å²) in [6.45, 7) is 2.22. The van der Waals surface area contributed by atoms with Crippen molar-refractivity contribution in [1.29, 1.82) is 0 Å². The summed E-state index contributed by atoms with van der Waals surface area (Å²) in [6, 6.07) is 19.7. The molecule has 3 aromatic heterocycles. The molecule has 0 amide bonds. The van der Waals surface area contributed by atoms with Gasteiger partial charge >= 0.3 is 5.63 Å². The van der Waals surface area contributed by atoms with E-state index in [-0.39, 0.29) is 11.5 Å². The zero-order valence-corrected chi connectivity index (χ0v) is 18.8. The standard InChI is InChI=1S/C27H25N3O3/c1-17-14-25(31)33-24-12-13-30(27(32)26(17)24)16-22(18-8-10-19(11-9-18)29(2)3)21-15-28-23-7-5-4-6-20(21)23/h4-15,22,28H,16H2,1-3H3. The topological polar surface area (TPSA) is 71.2 Å². The minimum atomic E-state index is -0.449. The molecule has 6 heteroatoms. The Bertz CT molecular complexity index is 1570. The number of nitrogens with one attached hydrogen (secondary N) is 1. The first-order valence-electron chi connectivity index (χ1n) is 10.9. The number of nitrogens with zero attached hydrogens (tertiary/aromatic N) is 2. The van der Waals surface area contributed by atoms with Crippen LogP contribution < -0.4 is 16.1 Å². The second-order valence-corrected chi connectivity index (χ2v) is 8.59. The maximum atomic E-state index is 13.4. The summed E-state index contributed by atoms with van der Waals surface area (Å²) in [5, 5.41) is 1.58. The van der Waals surface area contributed by atoms with Gasteiger partial charge in [0, 0.05) is 61.6 Å². The van der Waals surface area contributed by atoms with E-state index in [1.165, 1.54) is 6.07 Å². The Morgan fingerprint density at radius 1 is 1.03 bits per heavy atom. The van der Waals surface area contributed by atoms with Crippen molar-refractivity contribution in [1.82, 2.24) is 9.55 Å². The van der Waals surface area contributed by atoms with Crippen LogP contribution in [0.25, 0.3) is 21.9 Å². The number of para-hydroxylation sites is 1. The Morgan fingerprint density at radius 3 is 2.55 bits per heavy atom. The van der Waals surface area contributed by atoms with Gasteiger partial charge in [-0.3, -0.25) is 4.79 Å². The molecular formula is C27H25N3O3. The smallest absolute Gasteiger partial charge is 0.336 e. The van der Waals surface area contributed by atoms with Gasteiger partial charge in [-0.15, -0.1) is 0 Å². The Hall–Kier alpha value is -4.06. The molecule has 33 heavy (non-hydrogen) atoms. The molecule has 0 radical (unpaired) electrons. The van der Waals surface area contributed by atoms with Gasteiger partial charge in [-0.1, -0.05) is 30.3 Å². The Kier molecular flexibility index (Phi) is 5.13. The predicted octanol–water partition coefficient (Wildman–Crippen LogP) is 4.64. The van der Waals surface area contributed by atoms with Crippen molar-refractivity contribution in [2.24, 2.45) is 0 Å². The number of fused-ring (bicyclic) bond motifs is 2. The lowest BCUT2D eigenvalue weighted by Gasteiger charge is -2.21. The van der Waals surface area contributed by atoms with E-state index in [9.17, 15) is 9.59 Å². The van der Waals surface area contributed by atoms with Crippen LogP contribution in [0.15, 0.2) is 87.1 Å².